The quantitative estimate of drug-likeness (QED) is 0.396. The maximum atomic E-state index is 13.7. The maximum absolute atomic E-state index is 13.7. The fourth-order valence-electron chi connectivity index (χ4n) is 4.79. The van der Waals surface area contributed by atoms with Crippen LogP contribution in [0.2, 0.25) is 0 Å². The van der Waals surface area contributed by atoms with Gasteiger partial charge < -0.3 is 19.1 Å². The van der Waals surface area contributed by atoms with Crippen LogP contribution in [-0.4, -0.2) is 59.0 Å². The maximum Gasteiger partial charge on any atom is 0.270 e. The van der Waals surface area contributed by atoms with E-state index in [-0.39, 0.29) is 17.9 Å². The standard InChI is InChI=1S/C28H29N3O3S/c1-19-7-4-5-8-23(19)18-31-25(16-22-11-14-35-28(22)31)27(33)29-12-13-30(20(2)17-29)26(32)21-9-6-10-24(15-21)34-3/h4-11,14-16,20H,12-13,17-18H2,1-3H3/t20-/m1/s1. The smallest absolute Gasteiger partial charge is 0.270 e. The fraction of sp³-hybridized carbons (Fsp3) is 0.286. The highest BCUT2D eigenvalue weighted by molar-refractivity contribution is 7.16. The summed E-state index contributed by atoms with van der Waals surface area (Å²) in [5, 5.41) is 3.16. The van der Waals surface area contributed by atoms with Crippen LogP contribution in [0.3, 0.4) is 0 Å². The normalized spacial score (nSPS) is 16.0. The number of rotatable bonds is 5. The third-order valence-electron chi connectivity index (χ3n) is 6.80. The van der Waals surface area contributed by atoms with Crippen molar-refractivity contribution in [2.75, 3.05) is 26.7 Å². The van der Waals surface area contributed by atoms with Gasteiger partial charge in [0.2, 0.25) is 0 Å². The Kier molecular flexibility index (Phi) is 6.34. The molecule has 0 bridgehead atoms. The summed E-state index contributed by atoms with van der Waals surface area (Å²) in [5.74, 6) is 0.640. The second kappa shape index (κ2) is 9.58. The van der Waals surface area contributed by atoms with Gasteiger partial charge in [0, 0.05) is 43.2 Å². The molecule has 35 heavy (non-hydrogen) atoms. The second-order valence-electron chi connectivity index (χ2n) is 9.05. The van der Waals surface area contributed by atoms with Gasteiger partial charge in [-0.1, -0.05) is 30.3 Å². The van der Waals surface area contributed by atoms with Crippen LogP contribution >= 0.6 is 11.3 Å². The van der Waals surface area contributed by atoms with Crippen LogP contribution in [0.1, 0.15) is 38.9 Å². The number of carbonyl (C=O) groups excluding carboxylic acids is 2. The molecule has 0 radical (unpaired) electrons. The van der Waals surface area contributed by atoms with Crippen molar-refractivity contribution in [2.45, 2.75) is 26.4 Å². The summed E-state index contributed by atoms with van der Waals surface area (Å²) in [4.78, 5) is 31.7. The van der Waals surface area contributed by atoms with Crippen molar-refractivity contribution in [3.63, 3.8) is 0 Å². The van der Waals surface area contributed by atoms with E-state index < -0.39 is 0 Å². The van der Waals surface area contributed by atoms with Gasteiger partial charge in [-0.15, -0.1) is 11.3 Å². The van der Waals surface area contributed by atoms with Gasteiger partial charge in [0.05, 0.1) is 7.11 Å². The van der Waals surface area contributed by atoms with Crippen LogP contribution in [0.15, 0.2) is 66.0 Å². The predicted molar refractivity (Wildman–Crippen MR) is 139 cm³/mol. The Bertz CT molecular complexity index is 1390. The molecule has 0 aliphatic carbocycles. The first-order valence-electron chi connectivity index (χ1n) is 11.8. The zero-order chi connectivity index (χ0) is 24.5. The van der Waals surface area contributed by atoms with Crippen molar-refractivity contribution in [2.24, 2.45) is 0 Å². The van der Waals surface area contributed by atoms with Gasteiger partial charge in [0.15, 0.2) is 0 Å². The Morgan fingerprint density at radius 1 is 1.03 bits per heavy atom. The van der Waals surface area contributed by atoms with Gasteiger partial charge in [-0.05, 0) is 60.7 Å². The number of methoxy groups -OCH3 is 1. The number of piperazine rings is 1. The van der Waals surface area contributed by atoms with Crippen LogP contribution < -0.4 is 4.74 Å². The third-order valence-corrected chi connectivity index (χ3v) is 7.75. The summed E-state index contributed by atoms with van der Waals surface area (Å²) in [6, 6.07) is 19.5. The van der Waals surface area contributed by atoms with E-state index in [1.165, 1.54) is 11.1 Å². The Morgan fingerprint density at radius 3 is 2.63 bits per heavy atom. The molecule has 2 aromatic carbocycles. The highest BCUT2D eigenvalue weighted by atomic mass is 32.1. The molecule has 7 heteroatoms. The minimum absolute atomic E-state index is 0.0160. The molecule has 2 amide bonds. The summed E-state index contributed by atoms with van der Waals surface area (Å²) in [6.45, 7) is 6.26. The van der Waals surface area contributed by atoms with E-state index >= 15 is 0 Å². The van der Waals surface area contributed by atoms with E-state index in [1.807, 2.05) is 47.1 Å². The van der Waals surface area contributed by atoms with E-state index in [0.717, 1.165) is 10.2 Å². The first-order chi connectivity index (χ1) is 17.0. The number of carbonyl (C=O) groups is 2. The molecule has 0 saturated carbocycles. The number of fused-ring (bicyclic) bond motifs is 1. The molecular formula is C28H29N3O3S. The van der Waals surface area contributed by atoms with Crippen molar-refractivity contribution in [3.8, 4) is 5.75 Å². The van der Waals surface area contributed by atoms with Gasteiger partial charge in [0.25, 0.3) is 11.8 Å². The molecule has 1 fully saturated rings. The largest absolute Gasteiger partial charge is 0.497 e. The zero-order valence-corrected chi connectivity index (χ0v) is 21.0. The molecule has 1 aliphatic heterocycles. The number of thiophene rings is 1. The molecule has 2 aromatic heterocycles. The molecule has 1 aliphatic rings. The van der Waals surface area contributed by atoms with Gasteiger partial charge >= 0.3 is 0 Å². The van der Waals surface area contributed by atoms with Gasteiger partial charge in [-0.2, -0.15) is 0 Å². The Balaban J connectivity index is 1.36. The number of nitrogens with zero attached hydrogens (tertiary/aromatic N) is 3. The van der Waals surface area contributed by atoms with Crippen LogP contribution in [0.25, 0.3) is 10.2 Å². The summed E-state index contributed by atoms with van der Waals surface area (Å²) in [5.41, 5.74) is 3.72. The Labute approximate surface area is 209 Å². The lowest BCUT2D eigenvalue weighted by molar-refractivity contribution is 0.0409. The molecule has 3 heterocycles. The van der Waals surface area contributed by atoms with Crippen LogP contribution in [0.5, 0.6) is 5.75 Å². The average Bonchev–Trinajstić information content (AvgIpc) is 3.47. The zero-order valence-electron chi connectivity index (χ0n) is 20.2. The number of hydrogen-bond donors (Lipinski definition) is 0. The predicted octanol–water partition coefficient (Wildman–Crippen LogP) is 5.05. The Hall–Kier alpha value is -3.58. The number of benzene rings is 2. The molecule has 6 nitrogen and oxygen atoms in total. The van der Waals surface area contributed by atoms with Gasteiger partial charge in [-0.3, -0.25) is 9.59 Å². The first kappa shape index (κ1) is 23.2. The highest BCUT2D eigenvalue weighted by Gasteiger charge is 2.32. The van der Waals surface area contributed by atoms with Crippen LogP contribution in [0, 0.1) is 6.92 Å². The highest BCUT2D eigenvalue weighted by Crippen LogP contribution is 2.28. The molecule has 180 valence electrons. The molecular weight excluding hydrogens is 458 g/mol. The minimum atomic E-state index is -0.0905. The molecule has 0 unspecified atom stereocenters. The molecule has 0 spiro atoms. The van der Waals surface area contributed by atoms with Crippen molar-refractivity contribution < 1.29 is 14.3 Å². The molecule has 1 atom stereocenters. The SMILES string of the molecule is COc1cccc(C(=O)N2CCN(C(=O)c3cc4ccsc4n3Cc3ccccc3C)C[C@H]2C)c1. The van der Waals surface area contributed by atoms with E-state index in [2.05, 4.69) is 35.1 Å². The first-order valence-corrected chi connectivity index (χ1v) is 12.7. The number of amides is 2. The van der Waals surface area contributed by atoms with Crippen molar-refractivity contribution >= 4 is 33.4 Å². The van der Waals surface area contributed by atoms with Crippen molar-refractivity contribution in [1.82, 2.24) is 14.4 Å². The molecule has 5 rings (SSSR count). The monoisotopic (exact) mass is 487 g/mol. The number of aryl methyl sites for hydroxylation is 1. The van der Waals surface area contributed by atoms with Crippen molar-refractivity contribution in [3.05, 3.63) is 88.4 Å². The van der Waals surface area contributed by atoms with Crippen LogP contribution in [0.4, 0.5) is 0 Å². The third kappa shape index (κ3) is 4.44. The number of ether oxygens (including phenoxy) is 1. The van der Waals surface area contributed by atoms with E-state index in [1.54, 1.807) is 30.6 Å². The van der Waals surface area contributed by atoms with Gasteiger partial charge in [0.1, 0.15) is 16.3 Å². The van der Waals surface area contributed by atoms with Crippen molar-refractivity contribution in [1.29, 1.82) is 0 Å². The lowest BCUT2D eigenvalue weighted by atomic mass is 10.1. The topological polar surface area (TPSA) is 54.8 Å². The molecule has 4 aromatic rings. The summed E-state index contributed by atoms with van der Waals surface area (Å²) in [7, 11) is 1.59. The number of hydrogen-bond acceptors (Lipinski definition) is 4. The summed E-state index contributed by atoms with van der Waals surface area (Å²) in [6.07, 6.45) is 0. The second-order valence-corrected chi connectivity index (χ2v) is 9.95. The van der Waals surface area contributed by atoms with E-state index in [0.29, 0.717) is 43.2 Å². The lowest BCUT2D eigenvalue weighted by Gasteiger charge is -2.40. The van der Waals surface area contributed by atoms with Crippen LogP contribution in [-0.2, 0) is 6.54 Å². The fourth-order valence-corrected chi connectivity index (χ4v) is 5.69. The van der Waals surface area contributed by atoms with E-state index in [9.17, 15) is 9.59 Å². The summed E-state index contributed by atoms with van der Waals surface area (Å²) < 4.78 is 7.41. The number of aromatic nitrogens is 1. The van der Waals surface area contributed by atoms with E-state index in [4.69, 9.17) is 4.74 Å². The van der Waals surface area contributed by atoms with Gasteiger partial charge in [-0.25, -0.2) is 0 Å². The Morgan fingerprint density at radius 2 is 1.86 bits per heavy atom. The average molecular weight is 488 g/mol. The summed E-state index contributed by atoms with van der Waals surface area (Å²) >= 11 is 1.66. The minimum Gasteiger partial charge on any atom is -0.497 e. The lowest BCUT2D eigenvalue weighted by Crippen LogP contribution is -2.55. The molecule has 1 saturated heterocycles. The molecule has 0 N–H and O–H groups in total.